The molecule has 2 aliphatic rings. The van der Waals surface area contributed by atoms with Crippen molar-refractivity contribution in [3.8, 4) is 0 Å². The van der Waals surface area contributed by atoms with Gasteiger partial charge in [-0.05, 0) is 68.7 Å². The zero-order chi connectivity index (χ0) is 15.1. The van der Waals surface area contributed by atoms with Gasteiger partial charge in [-0.2, -0.15) is 0 Å². The SMILES string of the molecule is Cc1cc(C)c2nc3c(c(CNC4CCCC4)c2c1)CCC3. The van der Waals surface area contributed by atoms with Crippen LogP contribution in [0.3, 0.4) is 0 Å². The van der Waals surface area contributed by atoms with Gasteiger partial charge in [-0.15, -0.1) is 0 Å². The van der Waals surface area contributed by atoms with Crippen molar-refractivity contribution in [3.63, 3.8) is 0 Å². The molecule has 1 saturated carbocycles. The minimum Gasteiger partial charge on any atom is -0.310 e. The Bertz CT molecular complexity index is 711. The minimum absolute atomic E-state index is 0.728. The van der Waals surface area contributed by atoms with E-state index in [1.807, 2.05) is 0 Å². The average molecular weight is 294 g/mol. The summed E-state index contributed by atoms with van der Waals surface area (Å²) in [5.74, 6) is 0. The number of aryl methyl sites for hydroxylation is 3. The van der Waals surface area contributed by atoms with Crippen LogP contribution in [0.25, 0.3) is 10.9 Å². The summed E-state index contributed by atoms with van der Waals surface area (Å²) in [5, 5.41) is 5.22. The Labute approximate surface area is 133 Å². The summed E-state index contributed by atoms with van der Waals surface area (Å²) < 4.78 is 0. The Morgan fingerprint density at radius 3 is 2.73 bits per heavy atom. The first kappa shape index (κ1) is 14.2. The number of pyridine rings is 1. The second-order valence-electron chi connectivity index (χ2n) is 7.21. The van der Waals surface area contributed by atoms with Crippen LogP contribution in [0, 0.1) is 13.8 Å². The predicted molar refractivity (Wildman–Crippen MR) is 92.3 cm³/mol. The van der Waals surface area contributed by atoms with Crippen molar-refractivity contribution in [2.24, 2.45) is 0 Å². The molecule has 1 N–H and O–H groups in total. The highest BCUT2D eigenvalue weighted by Gasteiger charge is 2.21. The first-order chi connectivity index (χ1) is 10.7. The molecule has 0 spiro atoms. The maximum Gasteiger partial charge on any atom is 0.0738 e. The summed E-state index contributed by atoms with van der Waals surface area (Å²) in [4.78, 5) is 5.01. The Morgan fingerprint density at radius 1 is 1.09 bits per heavy atom. The summed E-state index contributed by atoms with van der Waals surface area (Å²) in [6.45, 7) is 5.43. The van der Waals surface area contributed by atoms with Crippen LogP contribution in [0.15, 0.2) is 12.1 Å². The van der Waals surface area contributed by atoms with Crippen LogP contribution in [0.1, 0.15) is 60.1 Å². The third kappa shape index (κ3) is 2.44. The number of aromatic nitrogens is 1. The van der Waals surface area contributed by atoms with Crippen molar-refractivity contribution in [1.82, 2.24) is 10.3 Å². The first-order valence-corrected chi connectivity index (χ1v) is 8.87. The normalized spacial score (nSPS) is 18.3. The molecule has 0 aliphatic heterocycles. The topological polar surface area (TPSA) is 24.9 Å². The maximum absolute atomic E-state index is 5.01. The minimum atomic E-state index is 0.728. The van der Waals surface area contributed by atoms with Crippen LogP contribution in [-0.2, 0) is 19.4 Å². The Balaban J connectivity index is 1.79. The fourth-order valence-corrected chi connectivity index (χ4v) is 4.39. The van der Waals surface area contributed by atoms with Crippen molar-refractivity contribution in [2.75, 3.05) is 0 Å². The van der Waals surface area contributed by atoms with Gasteiger partial charge in [0, 0.05) is 23.7 Å². The van der Waals surface area contributed by atoms with Gasteiger partial charge in [0.2, 0.25) is 0 Å². The highest BCUT2D eigenvalue weighted by Crippen LogP contribution is 2.32. The van der Waals surface area contributed by atoms with Gasteiger partial charge in [0.1, 0.15) is 0 Å². The van der Waals surface area contributed by atoms with Gasteiger partial charge in [-0.25, -0.2) is 0 Å². The van der Waals surface area contributed by atoms with E-state index >= 15 is 0 Å². The lowest BCUT2D eigenvalue weighted by molar-refractivity contribution is 0.524. The van der Waals surface area contributed by atoms with Gasteiger partial charge in [0.05, 0.1) is 5.52 Å². The summed E-state index contributed by atoms with van der Waals surface area (Å²) >= 11 is 0. The van der Waals surface area contributed by atoms with E-state index in [2.05, 4.69) is 31.3 Å². The fraction of sp³-hybridized carbons (Fsp3) is 0.550. The molecule has 2 heteroatoms. The second-order valence-corrected chi connectivity index (χ2v) is 7.21. The van der Waals surface area contributed by atoms with E-state index in [1.165, 1.54) is 71.8 Å². The first-order valence-electron chi connectivity index (χ1n) is 8.87. The number of hydrogen-bond donors (Lipinski definition) is 1. The summed E-state index contributed by atoms with van der Waals surface area (Å²) in [5.41, 5.74) is 8.36. The van der Waals surface area contributed by atoms with Crippen LogP contribution in [0.4, 0.5) is 0 Å². The number of rotatable bonds is 3. The van der Waals surface area contributed by atoms with Crippen LogP contribution in [-0.4, -0.2) is 11.0 Å². The van der Waals surface area contributed by atoms with E-state index in [9.17, 15) is 0 Å². The molecule has 0 bridgehead atoms. The van der Waals surface area contributed by atoms with E-state index in [0.717, 1.165) is 19.0 Å². The Hall–Kier alpha value is -1.41. The van der Waals surface area contributed by atoms with E-state index in [4.69, 9.17) is 4.98 Å². The molecule has 0 amide bonds. The van der Waals surface area contributed by atoms with Crippen molar-refractivity contribution >= 4 is 10.9 Å². The molecular weight excluding hydrogens is 268 g/mol. The molecule has 22 heavy (non-hydrogen) atoms. The molecule has 116 valence electrons. The van der Waals surface area contributed by atoms with Gasteiger partial charge in [-0.3, -0.25) is 4.98 Å². The molecule has 4 rings (SSSR count). The van der Waals surface area contributed by atoms with E-state index in [-0.39, 0.29) is 0 Å². The van der Waals surface area contributed by atoms with Gasteiger partial charge in [0.15, 0.2) is 0 Å². The molecule has 0 unspecified atom stereocenters. The molecule has 2 aliphatic carbocycles. The molecule has 2 aromatic rings. The molecule has 1 aromatic heterocycles. The zero-order valence-corrected chi connectivity index (χ0v) is 13.8. The van der Waals surface area contributed by atoms with E-state index in [1.54, 1.807) is 5.56 Å². The molecular formula is C20H26N2. The second kappa shape index (κ2) is 5.66. The number of nitrogens with zero attached hydrogens (tertiary/aromatic N) is 1. The van der Waals surface area contributed by atoms with Gasteiger partial charge in [0.25, 0.3) is 0 Å². The predicted octanol–water partition coefficient (Wildman–Crippen LogP) is 4.37. The molecule has 1 heterocycles. The van der Waals surface area contributed by atoms with E-state index < -0.39 is 0 Å². The molecule has 0 atom stereocenters. The van der Waals surface area contributed by atoms with Crippen molar-refractivity contribution < 1.29 is 0 Å². The van der Waals surface area contributed by atoms with E-state index in [0.29, 0.717) is 0 Å². The fourth-order valence-electron chi connectivity index (χ4n) is 4.39. The molecule has 0 radical (unpaired) electrons. The Kier molecular flexibility index (Phi) is 3.65. The highest BCUT2D eigenvalue weighted by atomic mass is 14.9. The summed E-state index contributed by atoms with van der Waals surface area (Å²) in [7, 11) is 0. The maximum atomic E-state index is 5.01. The lowest BCUT2D eigenvalue weighted by Gasteiger charge is -2.18. The third-order valence-electron chi connectivity index (χ3n) is 5.49. The zero-order valence-electron chi connectivity index (χ0n) is 13.8. The number of fused-ring (bicyclic) bond motifs is 2. The molecule has 1 aromatic carbocycles. The average Bonchev–Trinajstić information content (AvgIpc) is 3.15. The monoisotopic (exact) mass is 294 g/mol. The molecule has 0 saturated heterocycles. The van der Waals surface area contributed by atoms with Crippen LogP contribution < -0.4 is 5.32 Å². The lowest BCUT2D eigenvalue weighted by atomic mass is 9.97. The number of benzene rings is 1. The van der Waals surface area contributed by atoms with Crippen LogP contribution in [0.2, 0.25) is 0 Å². The van der Waals surface area contributed by atoms with Crippen molar-refractivity contribution in [2.45, 2.75) is 71.4 Å². The number of hydrogen-bond acceptors (Lipinski definition) is 2. The van der Waals surface area contributed by atoms with Gasteiger partial charge >= 0.3 is 0 Å². The quantitative estimate of drug-likeness (QED) is 0.909. The third-order valence-corrected chi connectivity index (χ3v) is 5.49. The molecule has 2 nitrogen and oxygen atoms in total. The smallest absolute Gasteiger partial charge is 0.0738 e. The Morgan fingerprint density at radius 2 is 1.91 bits per heavy atom. The van der Waals surface area contributed by atoms with Crippen molar-refractivity contribution in [1.29, 1.82) is 0 Å². The summed E-state index contributed by atoms with van der Waals surface area (Å²) in [6, 6.07) is 5.34. The largest absolute Gasteiger partial charge is 0.310 e. The number of nitrogens with one attached hydrogen (secondary N) is 1. The summed E-state index contributed by atoms with van der Waals surface area (Å²) in [6.07, 6.45) is 9.14. The van der Waals surface area contributed by atoms with Crippen LogP contribution in [0.5, 0.6) is 0 Å². The lowest BCUT2D eigenvalue weighted by Crippen LogP contribution is -2.26. The molecule has 1 fully saturated rings. The van der Waals surface area contributed by atoms with Crippen molar-refractivity contribution in [3.05, 3.63) is 40.1 Å². The van der Waals surface area contributed by atoms with Gasteiger partial charge < -0.3 is 5.32 Å². The van der Waals surface area contributed by atoms with Crippen LogP contribution >= 0.6 is 0 Å². The van der Waals surface area contributed by atoms with Gasteiger partial charge in [-0.1, -0.05) is 24.5 Å². The standard InChI is InChI=1S/C20H26N2/c1-13-10-14(2)20-17(11-13)18(12-21-15-6-3-4-7-15)16-8-5-9-19(16)22-20/h10-11,15,21H,3-9,12H2,1-2H3. The highest BCUT2D eigenvalue weighted by molar-refractivity contribution is 5.87.